The normalized spacial score (nSPS) is 49.8. The van der Waals surface area contributed by atoms with Crippen molar-refractivity contribution in [3.8, 4) is 0 Å². The molecular weight excluding hydrogens is 136 g/mol. The molecule has 0 bridgehead atoms. The highest BCUT2D eigenvalue weighted by atomic mass is 16.1. The molecule has 0 unspecified atom stereocenters. The van der Waals surface area contributed by atoms with Crippen LogP contribution in [0.4, 0.5) is 0 Å². The monoisotopic (exact) mass is 152 g/mol. The summed E-state index contributed by atoms with van der Waals surface area (Å²) < 4.78 is 0. The highest BCUT2D eigenvalue weighted by molar-refractivity contribution is 5.83. The number of Topliss-reactive ketones (excluding diaryl/α,β-unsaturated/α-hetero) is 1. The second-order valence-corrected chi connectivity index (χ2v) is 4.34. The lowest BCUT2D eigenvalue weighted by Crippen LogP contribution is -2.10. The van der Waals surface area contributed by atoms with Crippen LogP contribution in [0.2, 0.25) is 0 Å². The fourth-order valence-corrected chi connectivity index (χ4v) is 2.94. The number of hydrogen-bond acceptors (Lipinski definition) is 1. The van der Waals surface area contributed by atoms with Gasteiger partial charge < -0.3 is 0 Å². The molecule has 62 valence electrons. The van der Waals surface area contributed by atoms with E-state index in [-0.39, 0.29) is 0 Å². The van der Waals surface area contributed by atoms with Crippen molar-refractivity contribution >= 4 is 5.78 Å². The zero-order chi connectivity index (χ0) is 8.01. The van der Waals surface area contributed by atoms with E-state index < -0.39 is 0 Å². The minimum absolute atomic E-state index is 0.380. The maximum atomic E-state index is 11.3. The molecule has 0 saturated heterocycles. The Hall–Kier alpha value is -0.330. The van der Waals surface area contributed by atoms with Crippen molar-refractivity contribution in [2.24, 2.45) is 23.7 Å². The van der Waals surface area contributed by atoms with E-state index in [0.29, 0.717) is 11.7 Å². The van der Waals surface area contributed by atoms with Gasteiger partial charge in [-0.25, -0.2) is 0 Å². The molecule has 0 radical (unpaired) electrons. The van der Waals surface area contributed by atoms with E-state index in [1.807, 2.05) is 0 Å². The van der Waals surface area contributed by atoms with Gasteiger partial charge in [-0.2, -0.15) is 0 Å². The number of rotatable bonds is 0. The van der Waals surface area contributed by atoms with Crippen molar-refractivity contribution in [1.29, 1.82) is 0 Å². The Morgan fingerprint density at radius 2 is 1.91 bits per heavy atom. The second kappa shape index (κ2) is 2.33. The predicted molar refractivity (Wildman–Crippen MR) is 44.2 cm³/mol. The van der Waals surface area contributed by atoms with Crippen molar-refractivity contribution in [2.75, 3.05) is 0 Å². The van der Waals surface area contributed by atoms with Gasteiger partial charge in [0.1, 0.15) is 5.78 Å². The first kappa shape index (κ1) is 7.33. The maximum Gasteiger partial charge on any atom is 0.136 e. The van der Waals surface area contributed by atoms with Gasteiger partial charge >= 0.3 is 0 Å². The smallest absolute Gasteiger partial charge is 0.136 e. The third kappa shape index (κ3) is 0.935. The average molecular weight is 152 g/mol. The molecule has 4 atom stereocenters. The molecule has 0 aliphatic heterocycles. The fourth-order valence-electron chi connectivity index (χ4n) is 2.94. The minimum atomic E-state index is 0.380. The van der Waals surface area contributed by atoms with E-state index in [2.05, 4.69) is 13.8 Å². The predicted octanol–water partition coefficient (Wildman–Crippen LogP) is 2.26. The summed E-state index contributed by atoms with van der Waals surface area (Å²) in [6, 6.07) is 0. The molecule has 2 fully saturated rings. The summed E-state index contributed by atoms with van der Waals surface area (Å²) in [5.41, 5.74) is 0. The quantitative estimate of drug-likeness (QED) is 0.520. The lowest BCUT2D eigenvalue weighted by atomic mass is 9.91. The van der Waals surface area contributed by atoms with Crippen LogP contribution in [0.1, 0.15) is 33.1 Å². The first-order valence-corrected chi connectivity index (χ1v) is 4.73. The van der Waals surface area contributed by atoms with Crippen LogP contribution < -0.4 is 0 Å². The van der Waals surface area contributed by atoms with Gasteiger partial charge in [0.15, 0.2) is 0 Å². The summed E-state index contributed by atoms with van der Waals surface area (Å²) in [6.45, 7) is 4.42. The molecule has 0 aromatic rings. The number of ketones is 1. The molecule has 2 saturated carbocycles. The summed E-state index contributed by atoms with van der Waals surface area (Å²) in [6.07, 6.45) is 3.54. The van der Waals surface area contributed by atoms with E-state index >= 15 is 0 Å². The summed E-state index contributed by atoms with van der Waals surface area (Å²) in [5, 5.41) is 0. The first-order chi connectivity index (χ1) is 5.20. The maximum absolute atomic E-state index is 11.3. The lowest BCUT2D eigenvalue weighted by molar-refractivity contribution is -0.121. The van der Waals surface area contributed by atoms with Crippen LogP contribution in [-0.4, -0.2) is 5.78 Å². The van der Waals surface area contributed by atoms with Gasteiger partial charge in [-0.05, 0) is 24.2 Å². The van der Waals surface area contributed by atoms with Crippen LogP contribution in [0.15, 0.2) is 0 Å². The molecule has 0 aromatic heterocycles. The summed E-state index contributed by atoms with van der Waals surface area (Å²) >= 11 is 0. The number of carbonyl (C=O) groups excluding carboxylic acids is 1. The van der Waals surface area contributed by atoms with Gasteiger partial charge in [0.05, 0.1) is 0 Å². The first-order valence-electron chi connectivity index (χ1n) is 4.73. The zero-order valence-electron chi connectivity index (χ0n) is 7.34. The Bertz CT molecular complexity index is 185. The Labute approximate surface area is 68.2 Å². The molecule has 11 heavy (non-hydrogen) atoms. The third-order valence-electron chi connectivity index (χ3n) is 3.82. The van der Waals surface area contributed by atoms with Crippen molar-refractivity contribution in [1.82, 2.24) is 0 Å². The molecule has 1 nitrogen and oxygen atoms in total. The molecule has 0 amide bonds. The summed E-state index contributed by atoms with van der Waals surface area (Å²) in [7, 11) is 0. The number of fused-ring (bicyclic) bond motifs is 1. The molecule has 1 heteroatoms. The van der Waals surface area contributed by atoms with E-state index in [1.54, 1.807) is 0 Å². The van der Waals surface area contributed by atoms with E-state index in [0.717, 1.165) is 24.2 Å². The molecule has 0 N–H and O–H groups in total. The Morgan fingerprint density at radius 3 is 2.55 bits per heavy atom. The Kier molecular flexibility index (Phi) is 1.55. The zero-order valence-corrected chi connectivity index (χ0v) is 7.34. The van der Waals surface area contributed by atoms with Crippen molar-refractivity contribution in [3.63, 3.8) is 0 Å². The van der Waals surface area contributed by atoms with E-state index in [4.69, 9.17) is 0 Å². The molecule has 2 aliphatic carbocycles. The molecule has 2 rings (SSSR count). The van der Waals surface area contributed by atoms with Gasteiger partial charge in [-0.1, -0.05) is 20.3 Å². The Morgan fingerprint density at radius 1 is 1.18 bits per heavy atom. The molecule has 2 aliphatic rings. The molecule has 0 heterocycles. The number of carbonyl (C=O) groups is 1. The second-order valence-electron chi connectivity index (χ2n) is 4.34. The van der Waals surface area contributed by atoms with Gasteiger partial charge in [0.25, 0.3) is 0 Å². The summed E-state index contributed by atoms with van der Waals surface area (Å²) in [5.74, 6) is 3.21. The van der Waals surface area contributed by atoms with E-state index in [1.165, 1.54) is 12.8 Å². The van der Waals surface area contributed by atoms with Crippen LogP contribution in [-0.2, 0) is 4.79 Å². The summed E-state index contributed by atoms with van der Waals surface area (Å²) in [4.78, 5) is 11.3. The highest BCUT2D eigenvalue weighted by Gasteiger charge is 2.45. The standard InChI is InChI=1S/C10H16O/c1-6-3-4-8-7(2)10(11)5-9(6)8/h6-9H,3-5H2,1-2H3/t6-,7-,8+,9+/m1/s1. The molecule has 0 aromatic carbocycles. The van der Waals surface area contributed by atoms with Crippen molar-refractivity contribution in [2.45, 2.75) is 33.1 Å². The van der Waals surface area contributed by atoms with Crippen LogP contribution >= 0.6 is 0 Å². The Balaban J connectivity index is 2.18. The van der Waals surface area contributed by atoms with Crippen molar-refractivity contribution in [3.05, 3.63) is 0 Å². The lowest BCUT2D eigenvalue weighted by Gasteiger charge is -2.13. The third-order valence-corrected chi connectivity index (χ3v) is 3.82. The topological polar surface area (TPSA) is 17.1 Å². The SMILES string of the molecule is C[C@@H]1CC[C@@H]2[C@H]1CC(=O)[C@@H]2C. The molecular formula is C10H16O. The van der Waals surface area contributed by atoms with Crippen LogP contribution in [0, 0.1) is 23.7 Å². The van der Waals surface area contributed by atoms with E-state index in [9.17, 15) is 4.79 Å². The number of hydrogen-bond donors (Lipinski definition) is 0. The fraction of sp³-hybridized carbons (Fsp3) is 0.900. The minimum Gasteiger partial charge on any atom is -0.299 e. The van der Waals surface area contributed by atoms with Crippen LogP contribution in [0.5, 0.6) is 0 Å². The average Bonchev–Trinajstić information content (AvgIpc) is 2.43. The van der Waals surface area contributed by atoms with Gasteiger partial charge in [-0.3, -0.25) is 4.79 Å². The van der Waals surface area contributed by atoms with Crippen LogP contribution in [0.25, 0.3) is 0 Å². The largest absolute Gasteiger partial charge is 0.299 e. The van der Waals surface area contributed by atoms with Crippen molar-refractivity contribution < 1.29 is 4.79 Å². The van der Waals surface area contributed by atoms with Gasteiger partial charge in [-0.15, -0.1) is 0 Å². The van der Waals surface area contributed by atoms with Crippen LogP contribution in [0.3, 0.4) is 0 Å². The van der Waals surface area contributed by atoms with Gasteiger partial charge in [0.2, 0.25) is 0 Å². The van der Waals surface area contributed by atoms with Gasteiger partial charge in [0, 0.05) is 12.3 Å². The highest BCUT2D eigenvalue weighted by Crippen LogP contribution is 2.48. The molecule has 0 spiro atoms.